The quantitative estimate of drug-likeness (QED) is 0.797. The SMILES string of the molecule is O=C(CC1(N2Cc3ccccc3C2=O)CCCCC1)NCCc1ccc(F)cc1. The zero-order valence-electron chi connectivity index (χ0n) is 16.6. The molecule has 1 N–H and O–H groups in total. The molecule has 0 saturated heterocycles. The van der Waals surface area contributed by atoms with Crippen molar-refractivity contribution in [2.45, 2.75) is 57.0 Å². The number of fused-ring (bicyclic) bond motifs is 1. The van der Waals surface area contributed by atoms with Crippen molar-refractivity contribution >= 4 is 11.8 Å². The number of halogens is 1. The highest BCUT2D eigenvalue weighted by molar-refractivity contribution is 5.99. The highest BCUT2D eigenvalue weighted by Gasteiger charge is 2.45. The van der Waals surface area contributed by atoms with Crippen molar-refractivity contribution in [2.75, 3.05) is 6.54 Å². The monoisotopic (exact) mass is 394 g/mol. The number of amides is 2. The normalized spacial score (nSPS) is 17.8. The van der Waals surface area contributed by atoms with Gasteiger partial charge in [0.15, 0.2) is 0 Å². The molecule has 0 bridgehead atoms. The zero-order chi connectivity index (χ0) is 20.3. The molecule has 1 fully saturated rings. The fourth-order valence-electron chi connectivity index (χ4n) is 4.75. The summed E-state index contributed by atoms with van der Waals surface area (Å²) in [7, 11) is 0. The number of hydrogen-bond donors (Lipinski definition) is 1. The second-order valence-corrected chi connectivity index (χ2v) is 8.24. The summed E-state index contributed by atoms with van der Waals surface area (Å²) in [6.07, 6.45) is 5.99. The number of carbonyl (C=O) groups excluding carboxylic acids is 2. The Morgan fingerprint density at radius 2 is 1.76 bits per heavy atom. The van der Waals surface area contributed by atoms with Gasteiger partial charge < -0.3 is 10.2 Å². The van der Waals surface area contributed by atoms with Crippen LogP contribution in [0.15, 0.2) is 48.5 Å². The molecule has 2 aromatic rings. The van der Waals surface area contributed by atoms with Crippen LogP contribution in [0.4, 0.5) is 4.39 Å². The number of nitrogens with zero attached hydrogens (tertiary/aromatic N) is 1. The molecule has 1 aliphatic carbocycles. The molecule has 0 aromatic heterocycles. The number of benzene rings is 2. The van der Waals surface area contributed by atoms with Crippen molar-refractivity contribution in [3.05, 3.63) is 71.0 Å². The molecule has 0 atom stereocenters. The highest BCUT2D eigenvalue weighted by atomic mass is 19.1. The van der Waals surface area contributed by atoms with E-state index in [0.717, 1.165) is 48.8 Å². The summed E-state index contributed by atoms with van der Waals surface area (Å²) in [5.41, 5.74) is 2.42. The molecule has 1 heterocycles. The molecular weight excluding hydrogens is 367 g/mol. The molecule has 1 saturated carbocycles. The van der Waals surface area contributed by atoms with Gasteiger partial charge in [-0.1, -0.05) is 49.6 Å². The van der Waals surface area contributed by atoms with Crippen LogP contribution in [-0.2, 0) is 17.8 Å². The first-order valence-corrected chi connectivity index (χ1v) is 10.5. The molecule has 29 heavy (non-hydrogen) atoms. The molecule has 4 nitrogen and oxygen atoms in total. The fourth-order valence-corrected chi connectivity index (χ4v) is 4.75. The topological polar surface area (TPSA) is 49.4 Å². The summed E-state index contributed by atoms with van der Waals surface area (Å²) in [6, 6.07) is 14.1. The van der Waals surface area contributed by atoms with Crippen LogP contribution in [-0.4, -0.2) is 28.8 Å². The smallest absolute Gasteiger partial charge is 0.254 e. The van der Waals surface area contributed by atoms with Crippen molar-refractivity contribution in [2.24, 2.45) is 0 Å². The molecule has 5 heteroatoms. The Morgan fingerprint density at radius 1 is 1.03 bits per heavy atom. The maximum atomic E-state index is 13.1. The molecule has 1 aliphatic heterocycles. The first-order chi connectivity index (χ1) is 14.1. The third-order valence-corrected chi connectivity index (χ3v) is 6.32. The van der Waals surface area contributed by atoms with Gasteiger partial charge in [0.1, 0.15) is 5.82 Å². The van der Waals surface area contributed by atoms with Crippen molar-refractivity contribution < 1.29 is 14.0 Å². The van der Waals surface area contributed by atoms with Gasteiger partial charge in [-0.2, -0.15) is 0 Å². The number of nitrogens with one attached hydrogen (secondary N) is 1. The van der Waals surface area contributed by atoms with Gasteiger partial charge in [-0.3, -0.25) is 9.59 Å². The summed E-state index contributed by atoms with van der Waals surface area (Å²) in [6.45, 7) is 1.10. The van der Waals surface area contributed by atoms with E-state index >= 15 is 0 Å². The molecule has 2 aliphatic rings. The van der Waals surface area contributed by atoms with E-state index in [1.54, 1.807) is 12.1 Å². The number of carbonyl (C=O) groups is 2. The van der Waals surface area contributed by atoms with E-state index < -0.39 is 5.54 Å². The van der Waals surface area contributed by atoms with E-state index in [0.29, 0.717) is 25.9 Å². The van der Waals surface area contributed by atoms with Crippen LogP contribution < -0.4 is 5.32 Å². The van der Waals surface area contributed by atoms with E-state index in [1.165, 1.54) is 12.1 Å². The molecule has 152 valence electrons. The lowest BCUT2D eigenvalue weighted by Crippen LogP contribution is -2.52. The fraction of sp³-hybridized carbons (Fsp3) is 0.417. The van der Waals surface area contributed by atoms with Gasteiger partial charge in [0.2, 0.25) is 5.91 Å². The first kappa shape index (κ1) is 19.6. The van der Waals surface area contributed by atoms with Gasteiger partial charge in [0.25, 0.3) is 5.91 Å². The van der Waals surface area contributed by atoms with Gasteiger partial charge >= 0.3 is 0 Å². The molecule has 0 radical (unpaired) electrons. The maximum absolute atomic E-state index is 13.1. The minimum absolute atomic E-state index is 0.0160. The molecule has 4 rings (SSSR count). The van der Waals surface area contributed by atoms with Crippen molar-refractivity contribution in [3.63, 3.8) is 0 Å². The zero-order valence-corrected chi connectivity index (χ0v) is 16.6. The van der Waals surface area contributed by atoms with E-state index in [-0.39, 0.29) is 17.6 Å². The molecule has 0 spiro atoms. The summed E-state index contributed by atoms with van der Waals surface area (Å²) in [5.74, 6) is -0.215. The van der Waals surface area contributed by atoms with Crippen LogP contribution in [0.3, 0.4) is 0 Å². The molecule has 2 aromatic carbocycles. The lowest BCUT2D eigenvalue weighted by Gasteiger charge is -2.44. The maximum Gasteiger partial charge on any atom is 0.254 e. The van der Waals surface area contributed by atoms with Crippen molar-refractivity contribution in [3.8, 4) is 0 Å². The van der Waals surface area contributed by atoms with Crippen LogP contribution in [0.1, 0.15) is 60.0 Å². The molecule has 0 unspecified atom stereocenters. The lowest BCUT2D eigenvalue weighted by atomic mass is 9.77. The third kappa shape index (κ3) is 4.19. The Bertz CT molecular complexity index is 888. The van der Waals surface area contributed by atoms with Crippen LogP contribution in [0.5, 0.6) is 0 Å². The summed E-state index contributed by atoms with van der Waals surface area (Å²) in [4.78, 5) is 27.8. The average Bonchev–Trinajstić information content (AvgIpc) is 3.08. The number of hydrogen-bond acceptors (Lipinski definition) is 2. The Morgan fingerprint density at radius 3 is 2.48 bits per heavy atom. The second-order valence-electron chi connectivity index (χ2n) is 8.24. The molecular formula is C24H27FN2O2. The average molecular weight is 394 g/mol. The Hall–Kier alpha value is -2.69. The Labute approximate surface area is 171 Å². The minimum Gasteiger partial charge on any atom is -0.356 e. The van der Waals surface area contributed by atoms with Gasteiger partial charge in [-0.25, -0.2) is 4.39 Å². The summed E-state index contributed by atoms with van der Waals surface area (Å²) in [5, 5.41) is 3.01. The van der Waals surface area contributed by atoms with Gasteiger partial charge in [0, 0.05) is 25.1 Å². The first-order valence-electron chi connectivity index (χ1n) is 10.5. The van der Waals surface area contributed by atoms with Gasteiger partial charge in [0.05, 0.1) is 5.54 Å². The van der Waals surface area contributed by atoms with Crippen LogP contribution in [0, 0.1) is 5.82 Å². The van der Waals surface area contributed by atoms with Crippen LogP contribution in [0.2, 0.25) is 0 Å². The third-order valence-electron chi connectivity index (χ3n) is 6.32. The standard InChI is InChI=1S/C24H27FN2O2/c25-20-10-8-18(9-11-20)12-15-26-22(28)16-24(13-4-1-5-14-24)27-17-19-6-2-3-7-21(19)23(27)29/h2-3,6-11H,1,4-5,12-17H2,(H,26,28). The predicted molar refractivity (Wildman–Crippen MR) is 110 cm³/mol. The van der Waals surface area contributed by atoms with E-state index in [2.05, 4.69) is 5.32 Å². The second kappa shape index (κ2) is 8.36. The minimum atomic E-state index is -0.395. The van der Waals surface area contributed by atoms with Crippen LogP contribution in [0.25, 0.3) is 0 Å². The summed E-state index contributed by atoms with van der Waals surface area (Å²) < 4.78 is 13.0. The van der Waals surface area contributed by atoms with Gasteiger partial charge in [-0.15, -0.1) is 0 Å². The van der Waals surface area contributed by atoms with Gasteiger partial charge in [-0.05, 0) is 48.6 Å². The van der Waals surface area contributed by atoms with E-state index in [1.807, 2.05) is 29.2 Å². The van der Waals surface area contributed by atoms with Crippen LogP contribution >= 0.6 is 0 Å². The van der Waals surface area contributed by atoms with Crippen molar-refractivity contribution in [1.29, 1.82) is 0 Å². The number of rotatable bonds is 6. The largest absolute Gasteiger partial charge is 0.356 e. The Balaban J connectivity index is 1.41. The predicted octanol–water partition coefficient (Wildman–Crippen LogP) is 4.23. The van der Waals surface area contributed by atoms with E-state index in [4.69, 9.17) is 0 Å². The summed E-state index contributed by atoms with van der Waals surface area (Å²) >= 11 is 0. The van der Waals surface area contributed by atoms with E-state index in [9.17, 15) is 14.0 Å². The molecule has 2 amide bonds. The van der Waals surface area contributed by atoms with Crippen molar-refractivity contribution in [1.82, 2.24) is 10.2 Å². The Kier molecular flexibility index (Phi) is 5.65. The lowest BCUT2D eigenvalue weighted by molar-refractivity contribution is -0.124. The highest BCUT2D eigenvalue weighted by Crippen LogP contribution is 2.41.